The van der Waals surface area contributed by atoms with Crippen molar-refractivity contribution in [3.8, 4) is 11.3 Å². The van der Waals surface area contributed by atoms with Crippen LogP contribution in [0.15, 0.2) is 53.4 Å². The Morgan fingerprint density at radius 2 is 1.53 bits per heavy atom. The Bertz CT molecular complexity index is 1160. The number of hydrogen-bond acceptors (Lipinski definition) is 5. The Labute approximate surface area is 172 Å². The summed E-state index contributed by atoms with van der Waals surface area (Å²) in [5.41, 5.74) is 1.23. The molecule has 158 valence electrons. The third-order valence-corrected chi connectivity index (χ3v) is 5.67. The van der Waals surface area contributed by atoms with Crippen molar-refractivity contribution in [2.75, 3.05) is 11.6 Å². The fraction of sp³-hybridized carbons (Fsp3) is 0.238. The minimum Gasteiger partial charge on any atom is -0.350 e. The van der Waals surface area contributed by atoms with Gasteiger partial charge in [0, 0.05) is 23.9 Å². The molecule has 0 aliphatic heterocycles. The summed E-state index contributed by atoms with van der Waals surface area (Å²) in [4.78, 5) is 8.02. The molecule has 0 bridgehead atoms. The lowest BCUT2D eigenvalue weighted by molar-refractivity contribution is -0.141. The van der Waals surface area contributed by atoms with Crippen molar-refractivity contribution >= 4 is 15.8 Å². The number of aryl methyl sites for hydroxylation is 1. The number of rotatable bonds is 5. The fourth-order valence-electron chi connectivity index (χ4n) is 2.90. The number of halogens is 3. The van der Waals surface area contributed by atoms with E-state index >= 15 is 0 Å². The van der Waals surface area contributed by atoms with Gasteiger partial charge < -0.3 is 5.32 Å². The highest BCUT2D eigenvalue weighted by Gasteiger charge is 2.36. The van der Waals surface area contributed by atoms with Gasteiger partial charge in [0.15, 0.2) is 15.5 Å². The van der Waals surface area contributed by atoms with E-state index in [9.17, 15) is 21.6 Å². The Kier molecular flexibility index (Phi) is 5.85. The van der Waals surface area contributed by atoms with Gasteiger partial charge in [-0.3, -0.25) is 0 Å². The third-order valence-electron chi connectivity index (χ3n) is 4.54. The molecule has 0 saturated heterocycles. The minimum absolute atomic E-state index is 0.0757. The average Bonchev–Trinajstić information content (AvgIpc) is 2.67. The van der Waals surface area contributed by atoms with E-state index in [2.05, 4.69) is 15.3 Å². The highest BCUT2D eigenvalue weighted by molar-refractivity contribution is 7.90. The zero-order chi connectivity index (χ0) is 22.1. The van der Waals surface area contributed by atoms with Crippen LogP contribution in [0.3, 0.4) is 0 Å². The topological polar surface area (TPSA) is 72.0 Å². The number of nitrogens with one attached hydrogen (secondary N) is 1. The predicted molar refractivity (Wildman–Crippen MR) is 109 cm³/mol. The van der Waals surface area contributed by atoms with Crippen molar-refractivity contribution in [1.82, 2.24) is 9.97 Å². The summed E-state index contributed by atoms with van der Waals surface area (Å²) in [6.07, 6.45) is -3.60. The summed E-state index contributed by atoms with van der Waals surface area (Å²) in [6, 6.07) is 13.1. The Morgan fingerprint density at radius 1 is 0.933 bits per heavy atom. The number of aromatic nitrogens is 2. The molecular weight excluding hydrogens is 415 g/mol. The maximum Gasteiger partial charge on any atom is 0.433 e. The summed E-state index contributed by atoms with van der Waals surface area (Å²) in [5, 5.41) is 2.85. The first kappa shape index (κ1) is 21.8. The lowest BCUT2D eigenvalue weighted by Gasteiger charge is -2.16. The predicted octanol–water partition coefficient (Wildman–Crippen LogP) is 4.79. The molecule has 0 spiro atoms. The average molecular weight is 435 g/mol. The van der Waals surface area contributed by atoms with Crippen molar-refractivity contribution < 1.29 is 21.6 Å². The van der Waals surface area contributed by atoms with Crippen LogP contribution < -0.4 is 5.32 Å². The Hall–Kier alpha value is -2.94. The number of hydrogen-bond donors (Lipinski definition) is 1. The van der Waals surface area contributed by atoms with Gasteiger partial charge in [0.1, 0.15) is 0 Å². The van der Waals surface area contributed by atoms with E-state index in [0.717, 1.165) is 17.4 Å². The summed E-state index contributed by atoms with van der Waals surface area (Å²) in [6.45, 7) is 3.50. The number of benzene rings is 2. The Morgan fingerprint density at radius 3 is 2.07 bits per heavy atom. The van der Waals surface area contributed by atoms with Gasteiger partial charge in [0.05, 0.1) is 10.6 Å². The van der Waals surface area contributed by atoms with Gasteiger partial charge >= 0.3 is 6.18 Å². The first-order valence-corrected chi connectivity index (χ1v) is 10.9. The molecule has 0 aliphatic rings. The Balaban J connectivity index is 2.01. The molecule has 3 rings (SSSR count). The van der Waals surface area contributed by atoms with Gasteiger partial charge in [0.2, 0.25) is 5.95 Å². The quantitative estimate of drug-likeness (QED) is 0.624. The highest BCUT2D eigenvalue weighted by atomic mass is 32.2. The SMILES string of the molecule is Cc1ccc(CNc2nc(-c3ccc(S(C)(=O)=O)cc3)c(C)c(C(F)(F)F)n2)cc1. The van der Waals surface area contributed by atoms with Gasteiger partial charge in [-0.25, -0.2) is 18.4 Å². The molecule has 2 aromatic carbocycles. The van der Waals surface area contributed by atoms with E-state index in [-0.39, 0.29) is 28.6 Å². The van der Waals surface area contributed by atoms with Crippen LogP contribution in [0.4, 0.5) is 19.1 Å². The van der Waals surface area contributed by atoms with Crippen LogP contribution in [0.5, 0.6) is 0 Å². The molecule has 0 unspecified atom stereocenters. The molecular formula is C21H20F3N3O2S. The van der Waals surface area contributed by atoms with Crippen LogP contribution in [-0.2, 0) is 22.6 Å². The first-order chi connectivity index (χ1) is 13.9. The molecule has 30 heavy (non-hydrogen) atoms. The van der Waals surface area contributed by atoms with Gasteiger partial charge in [-0.15, -0.1) is 0 Å². The molecule has 9 heteroatoms. The van der Waals surface area contributed by atoms with E-state index < -0.39 is 21.7 Å². The molecule has 5 nitrogen and oxygen atoms in total. The van der Waals surface area contributed by atoms with Crippen molar-refractivity contribution in [1.29, 1.82) is 0 Å². The number of nitrogens with zero attached hydrogens (tertiary/aromatic N) is 2. The molecule has 0 aliphatic carbocycles. The van der Waals surface area contributed by atoms with Crippen molar-refractivity contribution in [3.63, 3.8) is 0 Å². The second kappa shape index (κ2) is 8.06. The van der Waals surface area contributed by atoms with Crippen LogP contribution >= 0.6 is 0 Å². The monoisotopic (exact) mass is 435 g/mol. The summed E-state index contributed by atoms with van der Waals surface area (Å²) in [5.74, 6) is -0.157. The van der Waals surface area contributed by atoms with Gasteiger partial charge in [0.25, 0.3) is 0 Å². The van der Waals surface area contributed by atoms with Gasteiger partial charge in [-0.05, 0) is 31.5 Å². The van der Waals surface area contributed by atoms with E-state index in [1.165, 1.54) is 31.2 Å². The molecule has 0 fully saturated rings. The van der Waals surface area contributed by atoms with Crippen LogP contribution in [-0.4, -0.2) is 24.6 Å². The van der Waals surface area contributed by atoms with E-state index in [4.69, 9.17) is 0 Å². The fourth-order valence-corrected chi connectivity index (χ4v) is 3.53. The van der Waals surface area contributed by atoms with Crippen LogP contribution in [0.1, 0.15) is 22.4 Å². The number of sulfone groups is 1. The lowest BCUT2D eigenvalue weighted by atomic mass is 10.1. The van der Waals surface area contributed by atoms with Crippen LogP contribution in [0.2, 0.25) is 0 Å². The minimum atomic E-state index is -4.66. The van der Waals surface area contributed by atoms with Crippen molar-refractivity contribution in [2.24, 2.45) is 0 Å². The van der Waals surface area contributed by atoms with E-state index in [1.54, 1.807) is 0 Å². The number of alkyl halides is 3. The standard InChI is InChI=1S/C21H20F3N3O2S/c1-13-4-6-15(7-5-13)12-25-20-26-18(14(2)19(27-20)21(22,23)24)16-8-10-17(11-9-16)30(3,28)29/h4-11H,12H2,1-3H3,(H,25,26,27). The summed E-state index contributed by atoms with van der Waals surface area (Å²) < 4.78 is 64.0. The molecule has 3 aromatic rings. The zero-order valence-electron chi connectivity index (χ0n) is 16.6. The summed E-state index contributed by atoms with van der Waals surface area (Å²) >= 11 is 0. The molecule has 0 atom stereocenters. The highest BCUT2D eigenvalue weighted by Crippen LogP contribution is 2.35. The van der Waals surface area contributed by atoms with Crippen molar-refractivity contribution in [3.05, 3.63) is 70.9 Å². The smallest absolute Gasteiger partial charge is 0.350 e. The lowest BCUT2D eigenvalue weighted by Crippen LogP contribution is -2.15. The zero-order valence-corrected chi connectivity index (χ0v) is 17.4. The number of anilines is 1. The van der Waals surface area contributed by atoms with E-state index in [0.29, 0.717) is 5.56 Å². The molecule has 1 N–H and O–H groups in total. The first-order valence-electron chi connectivity index (χ1n) is 9.01. The summed E-state index contributed by atoms with van der Waals surface area (Å²) in [7, 11) is -3.42. The maximum atomic E-state index is 13.6. The van der Waals surface area contributed by atoms with E-state index in [1.807, 2.05) is 31.2 Å². The second-order valence-electron chi connectivity index (χ2n) is 7.00. The largest absolute Gasteiger partial charge is 0.433 e. The van der Waals surface area contributed by atoms with Crippen LogP contribution in [0, 0.1) is 13.8 Å². The molecule has 1 aromatic heterocycles. The molecule has 0 amide bonds. The maximum absolute atomic E-state index is 13.6. The second-order valence-corrected chi connectivity index (χ2v) is 9.02. The molecule has 0 radical (unpaired) electrons. The third kappa shape index (κ3) is 4.96. The van der Waals surface area contributed by atoms with Gasteiger partial charge in [-0.1, -0.05) is 42.0 Å². The molecule has 0 saturated carbocycles. The molecule has 1 heterocycles. The van der Waals surface area contributed by atoms with Gasteiger partial charge in [-0.2, -0.15) is 13.2 Å². The normalized spacial score (nSPS) is 12.1. The van der Waals surface area contributed by atoms with Crippen LogP contribution in [0.25, 0.3) is 11.3 Å². The van der Waals surface area contributed by atoms with Crippen molar-refractivity contribution in [2.45, 2.75) is 31.5 Å².